The largest absolute Gasteiger partial charge is 0.0654 e. The van der Waals surface area contributed by atoms with Gasteiger partial charge in [0, 0.05) is 67.3 Å². The maximum Gasteiger partial charge on any atom is 0 e. The van der Waals surface area contributed by atoms with E-state index in [1.54, 1.807) is 0 Å². The predicted molar refractivity (Wildman–Crippen MR) is 69.0 cm³/mol. The summed E-state index contributed by atoms with van der Waals surface area (Å²) in [4.78, 5) is 0. The molecule has 0 aliphatic carbocycles. The van der Waals surface area contributed by atoms with E-state index in [0.717, 1.165) is 0 Å². The second-order valence-corrected chi connectivity index (χ2v) is 3.83. The maximum atomic E-state index is 2.28. The van der Waals surface area contributed by atoms with Crippen LogP contribution in [-0.2, 0) is 0 Å². The molecular formula is C12H26CaNa. The van der Waals surface area contributed by atoms with Crippen molar-refractivity contribution in [3.05, 3.63) is 0 Å². The Morgan fingerprint density at radius 3 is 0.929 bits per heavy atom. The minimum Gasteiger partial charge on any atom is -0.0654 e. The van der Waals surface area contributed by atoms with Crippen molar-refractivity contribution in [2.45, 2.75) is 78.1 Å². The Kier molecular flexibility index (Phi) is 31.8. The molecule has 0 amide bonds. The quantitative estimate of drug-likeness (QED) is 0.414. The Morgan fingerprint density at radius 1 is 0.500 bits per heavy atom. The Balaban J connectivity index is -0.000000605. The van der Waals surface area contributed by atoms with Crippen LogP contribution in [0.5, 0.6) is 0 Å². The maximum absolute atomic E-state index is 2.28. The zero-order valence-electron chi connectivity index (χ0n) is 10.8. The van der Waals surface area contributed by atoms with E-state index >= 15 is 0 Å². The van der Waals surface area contributed by atoms with E-state index in [-0.39, 0.29) is 67.3 Å². The molecule has 0 bridgehead atoms. The molecule has 2 heteroatoms. The third-order valence-electron chi connectivity index (χ3n) is 2.46. The van der Waals surface area contributed by atoms with Crippen LogP contribution in [0.4, 0.5) is 0 Å². The van der Waals surface area contributed by atoms with E-state index in [9.17, 15) is 0 Å². The first-order chi connectivity index (χ1) is 5.91. The monoisotopic (exact) mass is 233 g/mol. The van der Waals surface area contributed by atoms with E-state index in [4.69, 9.17) is 0 Å². The molecule has 0 saturated carbocycles. The molecule has 0 aromatic heterocycles. The number of hydrogen-bond donors (Lipinski definition) is 0. The Morgan fingerprint density at radius 2 is 0.714 bits per heavy atom. The van der Waals surface area contributed by atoms with Gasteiger partial charge in [0.1, 0.15) is 0 Å². The molecule has 77 valence electrons. The summed E-state index contributed by atoms with van der Waals surface area (Å²) in [5.41, 5.74) is 0. The second-order valence-electron chi connectivity index (χ2n) is 3.83. The molecule has 0 unspecified atom stereocenters. The summed E-state index contributed by atoms with van der Waals surface area (Å²) in [6, 6.07) is 0. The molecule has 0 aliphatic rings. The molecule has 3 radical (unpaired) electrons. The van der Waals surface area contributed by atoms with Crippen LogP contribution in [-0.4, -0.2) is 67.3 Å². The zero-order valence-corrected chi connectivity index (χ0v) is 15.0. The summed E-state index contributed by atoms with van der Waals surface area (Å²) in [5.74, 6) is 0. The minimum absolute atomic E-state index is 0. The Bertz CT molecular complexity index is 66.7. The van der Waals surface area contributed by atoms with Crippen LogP contribution in [0.15, 0.2) is 0 Å². The molecule has 0 spiro atoms. The predicted octanol–water partition coefficient (Wildman–Crippen LogP) is 4.17. The second kappa shape index (κ2) is 20.6. The summed E-state index contributed by atoms with van der Waals surface area (Å²) in [6.45, 7) is 4.56. The molecule has 0 saturated heterocycles. The fraction of sp³-hybridized carbons (Fsp3) is 1.00. The standard InChI is InChI=1S/C12H26.Ca.Na/c1-3-5-7-9-11-12-10-8-6-4-2;;/h3-12H2,1-2H3;;. The summed E-state index contributed by atoms with van der Waals surface area (Å²) in [5, 5.41) is 0. The van der Waals surface area contributed by atoms with Crippen LogP contribution < -0.4 is 0 Å². The van der Waals surface area contributed by atoms with E-state index in [0.29, 0.717) is 0 Å². The first kappa shape index (κ1) is 21.5. The fourth-order valence-electron chi connectivity index (χ4n) is 1.56. The van der Waals surface area contributed by atoms with Gasteiger partial charge in [-0.15, -0.1) is 0 Å². The molecule has 0 nitrogen and oxygen atoms in total. The third-order valence-corrected chi connectivity index (χ3v) is 2.46. The number of rotatable bonds is 9. The van der Waals surface area contributed by atoms with Crippen molar-refractivity contribution in [1.29, 1.82) is 0 Å². The average Bonchev–Trinajstić information content (AvgIpc) is 2.10. The van der Waals surface area contributed by atoms with Crippen LogP contribution in [0.3, 0.4) is 0 Å². The minimum atomic E-state index is 0. The molecule has 0 rings (SSSR count). The summed E-state index contributed by atoms with van der Waals surface area (Å²) < 4.78 is 0. The van der Waals surface area contributed by atoms with Crippen molar-refractivity contribution in [3.8, 4) is 0 Å². The summed E-state index contributed by atoms with van der Waals surface area (Å²) in [6.07, 6.45) is 14.4. The van der Waals surface area contributed by atoms with Gasteiger partial charge in [-0.05, 0) is 0 Å². The van der Waals surface area contributed by atoms with Gasteiger partial charge in [-0.3, -0.25) is 0 Å². The van der Waals surface area contributed by atoms with Gasteiger partial charge in [0.15, 0.2) is 0 Å². The normalized spacial score (nSPS) is 9.00. The van der Waals surface area contributed by atoms with Gasteiger partial charge in [-0.1, -0.05) is 78.1 Å². The van der Waals surface area contributed by atoms with E-state index in [2.05, 4.69) is 13.8 Å². The fourth-order valence-corrected chi connectivity index (χ4v) is 1.56. The van der Waals surface area contributed by atoms with Crippen molar-refractivity contribution >= 4 is 67.3 Å². The van der Waals surface area contributed by atoms with Gasteiger partial charge in [0.05, 0.1) is 0 Å². The van der Waals surface area contributed by atoms with Gasteiger partial charge in [-0.25, -0.2) is 0 Å². The van der Waals surface area contributed by atoms with Gasteiger partial charge in [-0.2, -0.15) is 0 Å². The SMILES string of the molecule is CCCCCCCCCCCC.[Ca].[Na]. The van der Waals surface area contributed by atoms with Crippen LogP contribution >= 0.6 is 0 Å². The summed E-state index contributed by atoms with van der Waals surface area (Å²) in [7, 11) is 0. The molecule has 14 heavy (non-hydrogen) atoms. The van der Waals surface area contributed by atoms with Crippen molar-refractivity contribution in [2.75, 3.05) is 0 Å². The molecular weight excluding hydrogens is 207 g/mol. The van der Waals surface area contributed by atoms with Gasteiger partial charge < -0.3 is 0 Å². The molecule has 0 aromatic rings. The first-order valence-electron chi connectivity index (χ1n) is 5.91. The molecule has 0 heterocycles. The van der Waals surface area contributed by atoms with Crippen molar-refractivity contribution in [2.24, 2.45) is 0 Å². The Hall–Kier alpha value is 2.26. The average molecular weight is 233 g/mol. The van der Waals surface area contributed by atoms with E-state index in [1.807, 2.05) is 0 Å². The van der Waals surface area contributed by atoms with E-state index in [1.165, 1.54) is 64.2 Å². The summed E-state index contributed by atoms with van der Waals surface area (Å²) >= 11 is 0. The topological polar surface area (TPSA) is 0 Å². The Labute approximate surface area is 143 Å². The molecule has 0 aromatic carbocycles. The molecule has 0 N–H and O–H groups in total. The number of unbranched alkanes of at least 4 members (excludes halogenated alkanes) is 9. The van der Waals surface area contributed by atoms with Crippen molar-refractivity contribution < 1.29 is 0 Å². The third kappa shape index (κ3) is 19.8. The van der Waals surface area contributed by atoms with E-state index < -0.39 is 0 Å². The van der Waals surface area contributed by atoms with Crippen molar-refractivity contribution in [3.63, 3.8) is 0 Å². The molecule has 0 aliphatic heterocycles. The van der Waals surface area contributed by atoms with Gasteiger partial charge >= 0.3 is 0 Å². The van der Waals surface area contributed by atoms with Crippen LogP contribution in [0.1, 0.15) is 78.1 Å². The molecule has 0 atom stereocenters. The van der Waals surface area contributed by atoms with Gasteiger partial charge in [0.2, 0.25) is 0 Å². The zero-order chi connectivity index (χ0) is 9.07. The van der Waals surface area contributed by atoms with Crippen LogP contribution in [0.2, 0.25) is 0 Å². The van der Waals surface area contributed by atoms with Crippen molar-refractivity contribution in [1.82, 2.24) is 0 Å². The molecule has 0 fully saturated rings. The van der Waals surface area contributed by atoms with Crippen LogP contribution in [0, 0.1) is 0 Å². The van der Waals surface area contributed by atoms with Gasteiger partial charge in [0.25, 0.3) is 0 Å². The first-order valence-corrected chi connectivity index (χ1v) is 5.91. The smallest absolute Gasteiger partial charge is 0 e. The number of hydrogen-bond acceptors (Lipinski definition) is 0. The van der Waals surface area contributed by atoms with Crippen LogP contribution in [0.25, 0.3) is 0 Å².